The quantitative estimate of drug-likeness (QED) is 0.453. The predicted molar refractivity (Wildman–Crippen MR) is 105 cm³/mol. The van der Waals surface area contributed by atoms with Crippen LogP contribution in [0.4, 0.5) is 0 Å². The number of fused-ring (bicyclic) bond motifs is 1. The Bertz CT molecular complexity index is 973. The van der Waals surface area contributed by atoms with Crippen LogP contribution in [0, 0.1) is 0 Å². The average molecular weight is 362 g/mol. The molecule has 0 fully saturated rings. The maximum Gasteiger partial charge on any atom is 0.343 e. The standard InChI is InChI=1S/C23H22O4/c1-4-15(2)16-9-11-17(12-10-16)22(24)27-21-14-19-8-6-5-7-18(19)13-20(21)23(25)26-3/h5-15H,4H2,1-3H3. The van der Waals surface area contributed by atoms with Crippen LogP contribution in [0.1, 0.15) is 52.5 Å². The fraction of sp³-hybridized carbons (Fsp3) is 0.217. The Morgan fingerprint density at radius 1 is 0.926 bits per heavy atom. The van der Waals surface area contributed by atoms with Crippen molar-refractivity contribution in [3.8, 4) is 5.75 Å². The monoisotopic (exact) mass is 362 g/mol. The molecule has 0 spiro atoms. The van der Waals surface area contributed by atoms with Gasteiger partial charge in [0.1, 0.15) is 11.3 Å². The van der Waals surface area contributed by atoms with E-state index < -0.39 is 11.9 Å². The van der Waals surface area contributed by atoms with E-state index in [9.17, 15) is 9.59 Å². The Morgan fingerprint density at radius 2 is 1.56 bits per heavy atom. The van der Waals surface area contributed by atoms with Gasteiger partial charge in [-0.25, -0.2) is 9.59 Å². The van der Waals surface area contributed by atoms with Crippen LogP contribution in [-0.2, 0) is 4.74 Å². The molecule has 0 N–H and O–H groups in total. The fourth-order valence-electron chi connectivity index (χ4n) is 2.92. The van der Waals surface area contributed by atoms with E-state index in [-0.39, 0.29) is 11.3 Å². The van der Waals surface area contributed by atoms with E-state index in [4.69, 9.17) is 9.47 Å². The minimum absolute atomic E-state index is 0.191. The first-order valence-corrected chi connectivity index (χ1v) is 8.96. The second-order valence-corrected chi connectivity index (χ2v) is 6.51. The number of carbonyl (C=O) groups is 2. The van der Waals surface area contributed by atoms with Gasteiger partial charge in [0, 0.05) is 0 Å². The number of esters is 2. The summed E-state index contributed by atoms with van der Waals surface area (Å²) in [6.45, 7) is 4.27. The summed E-state index contributed by atoms with van der Waals surface area (Å²) in [4.78, 5) is 24.7. The first kappa shape index (κ1) is 18.6. The van der Waals surface area contributed by atoms with E-state index in [1.807, 2.05) is 36.4 Å². The fourth-order valence-corrected chi connectivity index (χ4v) is 2.92. The van der Waals surface area contributed by atoms with E-state index in [0.29, 0.717) is 11.5 Å². The molecule has 0 aromatic heterocycles. The smallest absolute Gasteiger partial charge is 0.343 e. The Labute approximate surface area is 158 Å². The molecule has 3 rings (SSSR count). The molecule has 0 radical (unpaired) electrons. The van der Waals surface area contributed by atoms with E-state index in [1.54, 1.807) is 24.3 Å². The molecule has 0 aliphatic rings. The number of hydrogen-bond donors (Lipinski definition) is 0. The van der Waals surface area contributed by atoms with Crippen molar-refractivity contribution >= 4 is 22.7 Å². The predicted octanol–water partition coefficient (Wildman–Crippen LogP) is 5.36. The van der Waals surface area contributed by atoms with Crippen molar-refractivity contribution in [2.45, 2.75) is 26.2 Å². The van der Waals surface area contributed by atoms with Crippen LogP contribution < -0.4 is 4.74 Å². The molecule has 3 aromatic carbocycles. The second kappa shape index (κ2) is 8.04. The molecular formula is C23H22O4. The highest BCUT2D eigenvalue weighted by Crippen LogP contribution is 2.28. The molecule has 0 amide bonds. The Hall–Kier alpha value is -3.14. The van der Waals surface area contributed by atoms with Crippen molar-refractivity contribution < 1.29 is 19.1 Å². The zero-order valence-electron chi connectivity index (χ0n) is 15.7. The number of rotatable bonds is 5. The SMILES string of the molecule is CCC(C)c1ccc(C(=O)Oc2cc3ccccc3cc2C(=O)OC)cc1. The molecule has 0 aliphatic carbocycles. The zero-order valence-corrected chi connectivity index (χ0v) is 15.7. The van der Waals surface area contributed by atoms with Gasteiger partial charge < -0.3 is 9.47 Å². The summed E-state index contributed by atoms with van der Waals surface area (Å²) in [6, 6.07) is 18.3. The molecule has 0 aliphatic heterocycles. The summed E-state index contributed by atoms with van der Waals surface area (Å²) in [7, 11) is 1.30. The Morgan fingerprint density at radius 3 is 2.15 bits per heavy atom. The summed E-state index contributed by atoms with van der Waals surface area (Å²) in [6.07, 6.45) is 1.03. The second-order valence-electron chi connectivity index (χ2n) is 6.51. The molecule has 4 nitrogen and oxygen atoms in total. The van der Waals surface area contributed by atoms with Crippen LogP contribution in [0.5, 0.6) is 5.75 Å². The maximum atomic E-state index is 12.6. The Balaban J connectivity index is 1.92. The van der Waals surface area contributed by atoms with Crippen LogP contribution in [0.15, 0.2) is 60.7 Å². The normalized spacial score (nSPS) is 11.8. The molecule has 0 saturated carbocycles. The molecule has 1 unspecified atom stereocenters. The van der Waals surface area contributed by atoms with Gasteiger partial charge in [-0.3, -0.25) is 0 Å². The van der Waals surface area contributed by atoms with Gasteiger partial charge in [-0.1, -0.05) is 50.2 Å². The summed E-state index contributed by atoms with van der Waals surface area (Å²) in [5.74, 6) is -0.431. The van der Waals surface area contributed by atoms with E-state index in [2.05, 4.69) is 13.8 Å². The highest BCUT2D eigenvalue weighted by atomic mass is 16.5. The minimum Gasteiger partial charge on any atom is -0.465 e. The van der Waals surface area contributed by atoms with Gasteiger partial charge in [-0.15, -0.1) is 0 Å². The van der Waals surface area contributed by atoms with Gasteiger partial charge in [0.25, 0.3) is 0 Å². The molecule has 3 aromatic rings. The number of hydrogen-bond acceptors (Lipinski definition) is 4. The highest BCUT2D eigenvalue weighted by molar-refractivity contribution is 6.00. The average Bonchev–Trinajstić information content (AvgIpc) is 2.72. The van der Waals surface area contributed by atoms with Crippen molar-refractivity contribution in [2.24, 2.45) is 0 Å². The van der Waals surface area contributed by atoms with Gasteiger partial charge in [0.2, 0.25) is 0 Å². The molecular weight excluding hydrogens is 340 g/mol. The third kappa shape index (κ3) is 4.00. The maximum absolute atomic E-state index is 12.6. The summed E-state index contributed by atoms with van der Waals surface area (Å²) < 4.78 is 10.4. The van der Waals surface area contributed by atoms with Crippen molar-refractivity contribution in [3.63, 3.8) is 0 Å². The first-order valence-electron chi connectivity index (χ1n) is 8.96. The van der Waals surface area contributed by atoms with Crippen LogP contribution in [0.3, 0.4) is 0 Å². The summed E-state index contributed by atoms with van der Waals surface area (Å²) in [5, 5.41) is 1.75. The molecule has 0 bridgehead atoms. The summed E-state index contributed by atoms with van der Waals surface area (Å²) in [5.41, 5.74) is 1.84. The van der Waals surface area contributed by atoms with E-state index in [1.165, 1.54) is 12.7 Å². The lowest BCUT2D eigenvalue weighted by atomic mass is 9.98. The van der Waals surface area contributed by atoms with Crippen molar-refractivity contribution in [1.82, 2.24) is 0 Å². The molecule has 4 heteroatoms. The van der Waals surface area contributed by atoms with Crippen molar-refractivity contribution in [1.29, 1.82) is 0 Å². The first-order chi connectivity index (χ1) is 13.0. The van der Waals surface area contributed by atoms with E-state index in [0.717, 1.165) is 17.2 Å². The topological polar surface area (TPSA) is 52.6 Å². The number of methoxy groups -OCH3 is 1. The van der Waals surface area contributed by atoms with Gasteiger partial charge in [0.05, 0.1) is 12.7 Å². The lowest BCUT2D eigenvalue weighted by molar-refractivity contribution is 0.0593. The van der Waals surface area contributed by atoms with E-state index >= 15 is 0 Å². The summed E-state index contributed by atoms with van der Waals surface area (Å²) >= 11 is 0. The van der Waals surface area contributed by atoms with Crippen molar-refractivity contribution in [2.75, 3.05) is 7.11 Å². The number of ether oxygens (including phenoxy) is 2. The number of carbonyl (C=O) groups excluding carboxylic acids is 2. The molecule has 27 heavy (non-hydrogen) atoms. The van der Waals surface area contributed by atoms with Gasteiger partial charge in [-0.05, 0) is 52.9 Å². The molecule has 138 valence electrons. The van der Waals surface area contributed by atoms with Gasteiger partial charge in [0.15, 0.2) is 0 Å². The Kier molecular flexibility index (Phi) is 5.55. The largest absolute Gasteiger partial charge is 0.465 e. The zero-order chi connectivity index (χ0) is 19.4. The lowest BCUT2D eigenvalue weighted by Gasteiger charge is -2.12. The van der Waals surface area contributed by atoms with Gasteiger partial charge >= 0.3 is 11.9 Å². The van der Waals surface area contributed by atoms with Gasteiger partial charge in [-0.2, -0.15) is 0 Å². The van der Waals surface area contributed by atoms with Crippen LogP contribution in [0.25, 0.3) is 10.8 Å². The molecule has 0 saturated heterocycles. The van der Waals surface area contributed by atoms with Crippen molar-refractivity contribution in [3.05, 3.63) is 77.4 Å². The number of benzene rings is 3. The third-order valence-electron chi connectivity index (χ3n) is 4.78. The minimum atomic E-state index is -0.546. The van der Waals surface area contributed by atoms with Crippen LogP contribution in [0.2, 0.25) is 0 Å². The third-order valence-corrected chi connectivity index (χ3v) is 4.78. The van der Waals surface area contributed by atoms with Crippen LogP contribution >= 0.6 is 0 Å². The van der Waals surface area contributed by atoms with Crippen LogP contribution in [-0.4, -0.2) is 19.0 Å². The molecule has 1 atom stereocenters. The highest BCUT2D eigenvalue weighted by Gasteiger charge is 2.18. The lowest BCUT2D eigenvalue weighted by Crippen LogP contribution is -2.12. The molecule has 0 heterocycles.